The summed E-state index contributed by atoms with van der Waals surface area (Å²) in [5.41, 5.74) is 5.38. The van der Waals surface area contributed by atoms with Crippen LogP contribution in [-0.4, -0.2) is 59.8 Å². The Morgan fingerprint density at radius 1 is 1.40 bits per heavy atom. The van der Waals surface area contributed by atoms with E-state index in [2.05, 4.69) is 15.0 Å². The molecule has 0 saturated carbocycles. The number of rotatable bonds is 2. The van der Waals surface area contributed by atoms with E-state index in [4.69, 9.17) is 15.6 Å². The van der Waals surface area contributed by atoms with Crippen LogP contribution in [0, 0.1) is 0 Å². The molecule has 1 aliphatic rings. The SMILES string of the molecule is Nc1ncnc2c1[nH]c(=O)n2[C@@H]1O[C@H](CO)[C@H](O)C1O. The molecule has 1 fully saturated rings. The van der Waals surface area contributed by atoms with Gasteiger partial charge in [0.25, 0.3) is 0 Å². The number of fused-ring (bicyclic) bond motifs is 1. The van der Waals surface area contributed by atoms with Crippen molar-refractivity contribution in [3.05, 3.63) is 16.8 Å². The normalized spacial score (nSPS) is 30.1. The van der Waals surface area contributed by atoms with Crippen molar-refractivity contribution in [2.24, 2.45) is 0 Å². The first-order valence-electron chi connectivity index (χ1n) is 5.87. The zero-order valence-electron chi connectivity index (χ0n) is 10.2. The molecular weight excluding hydrogens is 270 g/mol. The molecule has 0 spiro atoms. The van der Waals surface area contributed by atoms with Gasteiger partial charge < -0.3 is 30.8 Å². The first-order chi connectivity index (χ1) is 9.54. The van der Waals surface area contributed by atoms with Crippen molar-refractivity contribution in [2.45, 2.75) is 24.5 Å². The number of nitrogens with one attached hydrogen (secondary N) is 1. The van der Waals surface area contributed by atoms with Crippen LogP contribution in [0.25, 0.3) is 11.2 Å². The summed E-state index contributed by atoms with van der Waals surface area (Å²) in [5, 5.41) is 28.7. The van der Waals surface area contributed by atoms with Crippen LogP contribution in [0.3, 0.4) is 0 Å². The Hall–Kier alpha value is -2.01. The van der Waals surface area contributed by atoms with Crippen LogP contribution in [0.5, 0.6) is 0 Å². The number of H-pyrrole nitrogens is 1. The first-order valence-corrected chi connectivity index (χ1v) is 5.87. The molecule has 0 aliphatic carbocycles. The van der Waals surface area contributed by atoms with Crippen LogP contribution < -0.4 is 11.4 Å². The molecule has 2 aromatic rings. The molecule has 6 N–H and O–H groups in total. The van der Waals surface area contributed by atoms with Gasteiger partial charge >= 0.3 is 5.69 Å². The van der Waals surface area contributed by atoms with Gasteiger partial charge in [0, 0.05) is 0 Å². The lowest BCUT2D eigenvalue weighted by Crippen LogP contribution is -2.34. The van der Waals surface area contributed by atoms with Crippen LogP contribution in [0.4, 0.5) is 5.82 Å². The predicted octanol–water partition coefficient (Wildman–Crippen LogP) is -2.69. The van der Waals surface area contributed by atoms with E-state index in [-0.39, 0.29) is 17.0 Å². The maximum atomic E-state index is 12.0. The highest BCUT2D eigenvalue weighted by Crippen LogP contribution is 2.30. The summed E-state index contributed by atoms with van der Waals surface area (Å²) in [7, 11) is 0. The second-order valence-electron chi connectivity index (χ2n) is 4.49. The predicted molar refractivity (Wildman–Crippen MR) is 65.6 cm³/mol. The van der Waals surface area contributed by atoms with Crippen molar-refractivity contribution in [2.75, 3.05) is 12.3 Å². The van der Waals surface area contributed by atoms with Gasteiger partial charge in [-0.1, -0.05) is 0 Å². The Morgan fingerprint density at radius 3 is 2.80 bits per heavy atom. The summed E-state index contributed by atoms with van der Waals surface area (Å²) in [4.78, 5) is 22.1. The molecule has 0 radical (unpaired) electrons. The minimum absolute atomic E-state index is 0.0811. The minimum Gasteiger partial charge on any atom is -0.394 e. The third-order valence-electron chi connectivity index (χ3n) is 3.31. The van der Waals surface area contributed by atoms with Crippen molar-refractivity contribution >= 4 is 17.0 Å². The molecule has 1 aliphatic heterocycles. The van der Waals surface area contributed by atoms with E-state index in [0.29, 0.717) is 0 Å². The van der Waals surface area contributed by atoms with E-state index >= 15 is 0 Å². The van der Waals surface area contributed by atoms with Crippen LogP contribution in [0.15, 0.2) is 11.1 Å². The van der Waals surface area contributed by atoms with Crippen molar-refractivity contribution in [3.8, 4) is 0 Å². The molecule has 108 valence electrons. The van der Waals surface area contributed by atoms with E-state index < -0.39 is 36.8 Å². The highest BCUT2D eigenvalue weighted by Gasteiger charge is 2.44. The van der Waals surface area contributed by atoms with Crippen LogP contribution in [0.2, 0.25) is 0 Å². The van der Waals surface area contributed by atoms with Gasteiger partial charge in [-0.05, 0) is 0 Å². The lowest BCUT2D eigenvalue weighted by Gasteiger charge is -2.15. The molecule has 0 amide bonds. The number of ether oxygens (including phenoxy) is 1. The summed E-state index contributed by atoms with van der Waals surface area (Å²) >= 11 is 0. The van der Waals surface area contributed by atoms with E-state index in [9.17, 15) is 15.0 Å². The fourth-order valence-corrected chi connectivity index (χ4v) is 2.28. The molecule has 3 rings (SSSR count). The fraction of sp³-hybridized carbons (Fsp3) is 0.500. The molecule has 1 unspecified atom stereocenters. The average molecular weight is 283 g/mol. The topological polar surface area (TPSA) is 160 Å². The van der Waals surface area contributed by atoms with E-state index in [1.807, 2.05) is 0 Å². The van der Waals surface area contributed by atoms with Crippen molar-refractivity contribution in [3.63, 3.8) is 0 Å². The molecule has 0 bridgehead atoms. The molecule has 3 heterocycles. The average Bonchev–Trinajstić information content (AvgIpc) is 2.90. The van der Waals surface area contributed by atoms with Gasteiger partial charge in [-0.25, -0.2) is 19.3 Å². The lowest BCUT2D eigenvalue weighted by atomic mass is 10.1. The van der Waals surface area contributed by atoms with Gasteiger partial charge in [0.05, 0.1) is 6.61 Å². The zero-order chi connectivity index (χ0) is 14.4. The number of hydrogen-bond acceptors (Lipinski definition) is 8. The highest BCUT2D eigenvalue weighted by molar-refractivity contribution is 5.81. The number of anilines is 1. The Kier molecular flexibility index (Phi) is 2.94. The molecule has 2 aromatic heterocycles. The van der Waals surface area contributed by atoms with E-state index in [1.165, 1.54) is 6.33 Å². The number of aromatic nitrogens is 4. The molecule has 10 heteroatoms. The third kappa shape index (κ3) is 1.70. The maximum absolute atomic E-state index is 12.0. The molecule has 10 nitrogen and oxygen atoms in total. The minimum atomic E-state index is -1.37. The smallest absolute Gasteiger partial charge is 0.330 e. The maximum Gasteiger partial charge on any atom is 0.330 e. The van der Waals surface area contributed by atoms with Crippen LogP contribution in [-0.2, 0) is 4.74 Å². The summed E-state index contributed by atoms with van der Waals surface area (Å²) < 4.78 is 6.34. The summed E-state index contributed by atoms with van der Waals surface area (Å²) in [6.45, 7) is -0.483. The van der Waals surface area contributed by atoms with Gasteiger partial charge in [-0.2, -0.15) is 0 Å². The van der Waals surface area contributed by atoms with Crippen molar-refractivity contribution < 1.29 is 20.1 Å². The Morgan fingerprint density at radius 2 is 2.15 bits per heavy atom. The Balaban J connectivity index is 2.14. The summed E-state index contributed by atoms with van der Waals surface area (Å²) in [6.07, 6.45) is -3.66. The quantitative estimate of drug-likeness (QED) is 0.398. The van der Waals surface area contributed by atoms with Crippen molar-refractivity contribution in [1.29, 1.82) is 0 Å². The fourth-order valence-electron chi connectivity index (χ4n) is 2.28. The van der Waals surface area contributed by atoms with E-state index in [1.54, 1.807) is 0 Å². The molecule has 1 saturated heterocycles. The van der Waals surface area contributed by atoms with Gasteiger partial charge in [0.15, 0.2) is 17.7 Å². The Bertz CT molecular complexity index is 697. The zero-order valence-corrected chi connectivity index (χ0v) is 10.2. The molecule has 20 heavy (non-hydrogen) atoms. The highest BCUT2D eigenvalue weighted by atomic mass is 16.6. The van der Waals surface area contributed by atoms with Crippen LogP contribution >= 0.6 is 0 Å². The van der Waals surface area contributed by atoms with Gasteiger partial charge in [0.1, 0.15) is 30.2 Å². The standard InChI is InChI=1S/C10H13N5O5/c11-7-4-8(13-2-12-7)15(10(19)14-4)9-6(18)5(17)3(1-16)20-9/h2-3,5-6,9,16-18H,1H2,(H,14,19)(H2,11,12,13)/t3-,5+,6?,9-/m1/s1. The monoisotopic (exact) mass is 283 g/mol. The number of nitrogens with two attached hydrogens (primary N) is 1. The number of aliphatic hydroxyl groups excluding tert-OH is 3. The summed E-state index contributed by atoms with van der Waals surface area (Å²) in [6, 6.07) is 0. The van der Waals surface area contributed by atoms with Crippen LogP contribution in [0.1, 0.15) is 6.23 Å². The van der Waals surface area contributed by atoms with Crippen molar-refractivity contribution in [1.82, 2.24) is 19.5 Å². The summed E-state index contributed by atoms with van der Waals surface area (Å²) in [5.74, 6) is 0.0811. The number of imidazole rings is 1. The number of nitrogen functional groups attached to an aromatic ring is 1. The van der Waals surface area contributed by atoms with E-state index in [0.717, 1.165) is 4.57 Å². The number of aliphatic hydroxyl groups is 3. The van der Waals surface area contributed by atoms with Gasteiger partial charge in [-0.15, -0.1) is 0 Å². The molecular formula is C10H13N5O5. The lowest BCUT2D eigenvalue weighted by molar-refractivity contribution is -0.0524. The van der Waals surface area contributed by atoms with Gasteiger partial charge in [-0.3, -0.25) is 0 Å². The van der Waals surface area contributed by atoms with Gasteiger partial charge in [0.2, 0.25) is 0 Å². The number of aromatic amines is 1. The third-order valence-corrected chi connectivity index (χ3v) is 3.31. The molecule has 4 atom stereocenters. The Labute approximate surface area is 111 Å². The second-order valence-corrected chi connectivity index (χ2v) is 4.49. The largest absolute Gasteiger partial charge is 0.394 e. The molecule has 0 aromatic carbocycles. The number of hydrogen-bond donors (Lipinski definition) is 5. The second kappa shape index (κ2) is 4.52. The number of nitrogens with zero attached hydrogens (tertiary/aromatic N) is 3. The first kappa shape index (κ1) is 13.0.